The second-order valence-electron chi connectivity index (χ2n) is 10.4. The molecule has 2 aliphatic rings. The number of carbonyl (C=O) groups excluding carboxylic acids is 2. The predicted molar refractivity (Wildman–Crippen MR) is 170 cm³/mol. The summed E-state index contributed by atoms with van der Waals surface area (Å²) in [6.45, 7) is 3.59. The first-order chi connectivity index (χ1) is 22.0. The minimum atomic E-state index is -0.951. The highest BCUT2D eigenvalue weighted by molar-refractivity contribution is 7.22. The Morgan fingerprint density at radius 1 is 0.911 bits per heavy atom. The van der Waals surface area contributed by atoms with Gasteiger partial charge >= 0.3 is 5.91 Å². The van der Waals surface area contributed by atoms with Crippen molar-refractivity contribution in [3.8, 4) is 23.0 Å². The second kappa shape index (κ2) is 12.0. The molecule has 1 amide bonds. The van der Waals surface area contributed by atoms with Gasteiger partial charge in [-0.05, 0) is 66.6 Å². The van der Waals surface area contributed by atoms with Crippen LogP contribution in [-0.4, -0.2) is 41.6 Å². The number of carbonyl (C=O) groups is 2. The van der Waals surface area contributed by atoms with Gasteiger partial charge in [-0.15, -0.1) is 0 Å². The summed E-state index contributed by atoms with van der Waals surface area (Å²) in [7, 11) is 0. The number of ketones is 1. The number of anilines is 1. The number of Topliss-reactive ketones (excluding diaryl/α,β-unsaturated/α-hetero) is 1. The molecule has 3 heterocycles. The Morgan fingerprint density at radius 3 is 2.44 bits per heavy atom. The van der Waals surface area contributed by atoms with Crippen molar-refractivity contribution < 1.29 is 33.6 Å². The summed E-state index contributed by atoms with van der Waals surface area (Å²) < 4.78 is 23.7. The SMILES string of the molecule is CCOc1ccc2nc(N3C(=O)C(=O)C(=C(O)c4ccc5c(c4)OCCO5)C3c3ccc(OCc4ccccc4)cc3)sc2c1. The number of rotatable bonds is 8. The summed E-state index contributed by atoms with van der Waals surface area (Å²) in [5.74, 6) is 0.382. The first-order valence-electron chi connectivity index (χ1n) is 14.5. The van der Waals surface area contributed by atoms with Crippen LogP contribution in [0.5, 0.6) is 23.0 Å². The van der Waals surface area contributed by atoms with Gasteiger partial charge < -0.3 is 24.1 Å². The van der Waals surface area contributed by atoms with Gasteiger partial charge in [0, 0.05) is 5.56 Å². The Balaban J connectivity index is 1.30. The largest absolute Gasteiger partial charge is 0.507 e. The number of nitrogens with zero attached hydrogens (tertiary/aromatic N) is 2. The Bertz CT molecular complexity index is 1940. The number of amides is 1. The molecule has 10 heteroatoms. The zero-order chi connectivity index (χ0) is 30.9. The number of benzene rings is 4. The van der Waals surface area contributed by atoms with Crippen molar-refractivity contribution in [3.63, 3.8) is 0 Å². The molecule has 0 aliphatic carbocycles. The highest BCUT2D eigenvalue weighted by Crippen LogP contribution is 2.45. The van der Waals surface area contributed by atoms with Gasteiger partial charge in [-0.1, -0.05) is 53.8 Å². The molecule has 1 aromatic heterocycles. The zero-order valence-corrected chi connectivity index (χ0v) is 25.1. The van der Waals surface area contributed by atoms with E-state index < -0.39 is 17.7 Å². The van der Waals surface area contributed by atoms with Crippen LogP contribution in [0.3, 0.4) is 0 Å². The molecule has 1 atom stereocenters. The molecule has 1 unspecified atom stereocenters. The van der Waals surface area contributed by atoms with E-state index in [1.165, 1.54) is 16.2 Å². The van der Waals surface area contributed by atoms with Crippen molar-refractivity contribution in [1.29, 1.82) is 0 Å². The predicted octanol–water partition coefficient (Wildman–Crippen LogP) is 6.67. The molecule has 1 N–H and O–H groups in total. The topological polar surface area (TPSA) is 107 Å². The molecule has 5 aromatic rings. The normalized spacial score (nSPS) is 17.1. The maximum Gasteiger partial charge on any atom is 0.301 e. The van der Waals surface area contributed by atoms with E-state index in [9.17, 15) is 14.7 Å². The van der Waals surface area contributed by atoms with Crippen LogP contribution in [0, 0.1) is 0 Å². The Kier molecular flexibility index (Phi) is 7.56. The maximum atomic E-state index is 13.7. The van der Waals surface area contributed by atoms with E-state index in [-0.39, 0.29) is 11.3 Å². The third kappa shape index (κ3) is 5.44. The van der Waals surface area contributed by atoms with Crippen LogP contribution < -0.4 is 23.8 Å². The van der Waals surface area contributed by atoms with Crippen molar-refractivity contribution in [3.05, 3.63) is 113 Å². The molecule has 4 aromatic carbocycles. The van der Waals surface area contributed by atoms with E-state index in [1.807, 2.05) is 55.5 Å². The standard InChI is InChI=1S/C35H28N2O7S/c1-2-41-25-13-14-26-29(19-25)45-35(36-26)37-31(22-8-11-24(12-9-22)44-20-21-6-4-3-5-7-21)30(33(39)34(37)40)32(38)23-10-15-27-28(18-23)43-17-16-42-27/h3-15,18-19,31,38H,2,16-17,20H2,1H3. The molecule has 1 fully saturated rings. The molecule has 1 saturated heterocycles. The van der Waals surface area contributed by atoms with Gasteiger partial charge in [-0.2, -0.15) is 0 Å². The third-order valence-corrected chi connectivity index (χ3v) is 8.59. The molecule has 0 bridgehead atoms. The third-order valence-electron chi connectivity index (χ3n) is 7.57. The number of thiazole rings is 1. The van der Waals surface area contributed by atoms with E-state index in [1.54, 1.807) is 42.5 Å². The van der Waals surface area contributed by atoms with E-state index in [0.717, 1.165) is 10.3 Å². The van der Waals surface area contributed by atoms with Crippen molar-refractivity contribution in [1.82, 2.24) is 4.98 Å². The number of aromatic nitrogens is 1. The molecule has 45 heavy (non-hydrogen) atoms. The smallest absolute Gasteiger partial charge is 0.301 e. The summed E-state index contributed by atoms with van der Waals surface area (Å²) in [5.41, 5.74) is 2.57. The molecular weight excluding hydrogens is 592 g/mol. The minimum absolute atomic E-state index is 0.0520. The number of aliphatic hydroxyl groups is 1. The molecule has 0 radical (unpaired) electrons. The monoisotopic (exact) mass is 620 g/mol. The van der Waals surface area contributed by atoms with E-state index >= 15 is 0 Å². The van der Waals surface area contributed by atoms with Gasteiger partial charge in [0.05, 0.1) is 28.4 Å². The fourth-order valence-electron chi connectivity index (χ4n) is 5.43. The van der Waals surface area contributed by atoms with Gasteiger partial charge in [-0.3, -0.25) is 14.5 Å². The van der Waals surface area contributed by atoms with Gasteiger partial charge in [0.1, 0.15) is 37.1 Å². The van der Waals surface area contributed by atoms with Crippen molar-refractivity contribution in [2.75, 3.05) is 24.7 Å². The van der Waals surface area contributed by atoms with E-state index in [2.05, 4.69) is 0 Å². The Morgan fingerprint density at radius 2 is 1.67 bits per heavy atom. The fraction of sp³-hybridized carbons (Fsp3) is 0.171. The van der Waals surface area contributed by atoms with Gasteiger partial charge in [0.2, 0.25) is 0 Å². The van der Waals surface area contributed by atoms with Crippen LogP contribution in [0.2, 0.25) is 0 Å². The highest BCUT2D eigenvalue weighted by atomic mass is 32.1. The molecule has 0 saturated carbocycles. The second-order valence-corrected chi connectivity index (χ2v) is 11.4. The van der Waals surface area contributed by atoms with Crippen molar-refractivity contribution >= 4 is 44.1 Å². The van der Waals surface area contributed by atoms with Crippen molar-refractivity contribution in [2.24, 2.45) is 0 Å². The number of hydrogen-bond acceptors (Lipinski definition) is 9. The fourth-order valence-corrected chi connectivity index (χ4v) is 6.45. The summed E-state index contributed by atoms with van der Waals surface area (Å²) in [4.78, 5) is 33.5. The number of aliphatic hydroxyl groups excluding tert-OH is 1. The Labute approximate surface area is 262 Å². The number of hydrogen-bond donors (Lipinski definition) is 1. The molecule has 0 spiro atoms. The number of fused-ring (bicyclic) bond motifs is 2. The van der Waals surface area contributed by atoms with Crippen LogP contribution in [-0.2, 0) is 16.2 Å². The lowest BCUT2D eigenvalue weighted by Crippen LogP contribution is -2.29. The average Bonchev–Trinajstić information content (AvgIpc) is 3.61. The molecule has 9 nitrogen and oxygen atoms in total. The zero-order valence-electron chi connectivity index (χ0n) is 24.3. The minimum Gasteiger partial charge on any atom is -0.507 e. The van der Waals surface area contributed by atoms with Crippen LogP contribution in [0.4, 0.5) is 5.13 Å². The lowest BCUT2D eigenvalue weighted by Gasteiger charge is -2.23. The summed E-state index contributed by atoms with van der Waals surface area (Å²) in [6.07, 6.45) is 0. The average molecular weight is 621 g/mol. The quantitative estimate of drug-likeness (QED) is 0.116. The lowest BCUT2D eigenvalue weighted by atomic mass is 9.95. The summed E-state index contributed by atoms with van der Waals surface area (Å²) in [5, 5.41) is 12.0. The van der Waals surface area contributed by atoms with Gasteiger partial charge in [0.15, 0.2) is 16.6 Å². The van der Waals surface area contributed by atoms with Gasteiger partial charge in [0.25, 0.3) is 5.78 Å². The van der Waals surface area contributed by atoms with Crippen LogP contribution >= 0.6 is 11.3 Å². The van der Waals surface area contributed by atoms with E-state index in [0.29, 0.717) is 71.2 Å². The first-order valence-corrected chi connectivity index (χ1v) is 15.3. The van der Waals surface area contributed by atoms with Crippen LogP contribution in [0.1, 0.15) is 29.7 Å². The molecular formula is C35H28N2O7S. The van der Waals surface area contributed by atoms with E-state index in [4.69, 9.17) is 23.9 Å². The summed E-state index contributed by atoms with van der Waals surface area (Å²) in [6, 6.07) is 26.4. The maximum absolute atomic E-state index is 13.7. The van der Waals surface area contributed by atoms with Gasteiger partial charge in [-0.25, -0.2) is 4.98 Å². The Hall–Kier alpha value is -5.35. The van der Waals surface area contributed by atoms with Crippen molar-refractivity contribution in [2.45, 2.75) is 19.6 Å². The number of ether oxygens (including phenoxy) is 4. The summed E-state index contributed by atoms with van der Waals surface area (Å²) >= 11 is 1.27. The molecule has 2 aliphatic heterocycles. The highest BCUT2D eigenvalue weighted by Gasteiger charge is 2.48. The molecule has 226 valence electrons. The lowest BCUT2D eigenvalue weighted by molar-refractivity contribution is -0.132. The molecule has 7 rings (SSSR count). The van der Waals surface area contributed by atoms with Crippen LogP contribution in [0.25, 0.3) is 16.0 Å². The van der Waals surface area contributed by atoms with Crippen LogP contribution in [0.15, 0.2) is 96.6 Å². The first kappa shape index (κ1) is 28.4.